The Hall–Kier alpha value is -2.42. The molecule has 3 nitrogen and oxygen atoms in total. The minimum absolute atomic E-state index is 0.198. The monoisotopic (exact) mass is 268 g/mol. The van der Waals surface area contributed by atoms with Crippen molar-refractivity contribution in [2.24, 2.45) is 0 Å². The standard InChI is InChI=1S/C17H16O3/c1-2-19-16-10-13-8-9-14(18)11-15(13)20-17(16)12-6-4-3-5-7-12/h3-11,17-18H,2H2,1H3. The van der Waals surface area contributed by atoms with E-state index < -0.39 is 0 Å². The predicted octanol–water partition coefficient (Wildman–Crippen LogP) is 3.90. The van der Waals surface area contributed by atoms with Crippen LogP contribution in [0.15, 0.2) is 54.3 Å². The third-order valence-electron chi connectivity index (χ3n) is 3.21. The molecule has 0 saturated carbocycles. The molecule has 1 aliphatic heterocycles. The van der Waals surface area contributed by atoms with E-state index in [1.165, 1.54) is 0 Å². The molecular formula is C17H16O3. The molecule has 3 heteroatoms. The van der Waals surface area contributed by atoms with Gasteiger partial charge in [-0.15, -0.1) is 0 Å². The zero-order valence-corrected chi connectivity index (χ0v) is 11.2. The summed E-state index contributed by atoms with van der Waals surface area (Å²) in [5.74, 6) is 1.66. The van der Waals surface area contributed by atoms with Gasteiger partial charge in [-0.25, -0.2) is 0 Å². The van der Waals surface area contributed by atoms with Crippen molar-refractivity contribution < 1.29 is 14.6 Å². The molecule has 1 unspecified atom stereocenters. The summed E-state index contributed by atoms with van der Waals surface area (Å²) in [7, 11) is 0. The maximum absolute atomic E-state index is 9.58. The van der Waals surface area contributed by atoms with Gasteiger partial charge in [0.2, 0.25) is 0 Å². The smallest absolute Gasteiger partial charge is 0.180 e. The van der Waals surface area contributed by atoms with Crippen molar-refractivity contribution in [2.75, 3.05) is 6.61 Å². The summed E-state index contributed by atoms with van der Waals surface area (Å²) < 4.78 is 11.7. The summed E-state index contributed by atoms with van der Waals surface area (Å²) in [4.78, 5) is 0. The van der Waals surface area contributed by atoms with Crippen molar-refractivity contribution in [1.29, 1.82) is 0 Å². The molecule has 0 fully saturated rings. The Kier molecular flexibility index (Phi) is 3.33. The fourth-order valence-corrected chi connectivity index (χ4v) is 2.30. The number of fused-ring (bicyclic) bond motifs is 1. The van der Waals surface area contributed by atoms with Crippen LogP contribution in [-0.2, 0) is 4.74 Å². The van der Waals surface area contributed by atoms with Crippen molar-refractivity contribution in [3.8, 4) is 11.5 Å². The van der Waals surface area contributed by atoms with Gasteiger partial charge < -0.3 is 14.6 Å². The van der Waals surface area contributed by atoms with Gasteiger partial charge in [-0.2, -0.15) is 0 Å². The molecule has 3 rings (SSSR count). The lowest BCUT2D eigenvalue weighted by Crippen LogP contribution is -2.16. The molecule has 0 amide bonds. The highest BCUT2D eigenvalue weighted by Crippen LogP contribution is 2.39. The third kappa shape index (κ3) is 2.35. The second-order valence-corrected chi connectivity index (χ2v) is 4.61. The summed E-state index contributed by atoms with van der Waals surface area (Å²) in [5.41, 5.74) is 1.94. The van der Waals surface area contributed by atoms with E-state index in [1.807, 2.05) is 49.4 Å². The number of phenols is 1. The maximum atomic E-state index is 9.58. The van der Waals surface area contributed by atoms with Crippen LogP contribution < -0.4 is 4.74 Å². The first-order valence-electron chi connectivity index (χ1n) is 6.67. The van der Waals surface area contributed by atoms with Gasteiger partial charge in [0.25, 0.3) is 0 Å². The number of aromatic hydroxyl groups is 1. The van der Waals surface area contributed by atoms with Crippen LogP contribution in [0.2, 0.25) is 0 Å². The van der Waals surface area contributed by atoms with Gasteiger partial charge in [-0.05, 0) is 25.1 Å². The van der Waals surface area contributed by atoms with Gasteiger partial charge in [0.1, 0.15) is 17.3 Å². The van der Waals surface area contributed by atoms with Crippen LogP contribution >= 0.6 is 0 Å². The zero-order chi connectivity index (χ0) is 13.9. The van der Waals surface area contributed by atoms with Gasteiger partial charge in [0, 0.05) is 17.2 Å². The van der Waals surface area contributed by atoms with E-state index in [9.17, 15) is 5.11 Å². The molecule has 2 aromatic rings. The van der Waals surface area contributed by atoms with Crippen molar-refractivity contribution in [3.05, 3.63) is 65.4 Å². The molecule has 1 aliphatic rings. The first kappa shape index (κ1) is 12.6. The minimum Gasteiger partial charge on any atom is -0.508 e. The van der Waals surface area contributed by atoms with E-state index >= 15 is 0 Å². The summed E-state index contributed by atoms with van der Waals surface area (Å²) >= 11 is 0. The molecule has 1 atom stereocenters. The number of phenolic OH excluding ortho intramolecular Hbond substituents is 1. The van der Waals surface area contributed by atoms with Crippen molar-refractivity contribution in [1.82, 2.24) is 0 Å². The molecule has 2 aromatic carbocycles. The molecule has 0 aromatic heterocycles. The Labute approximate surface area is 118 Å². The SMILES string of the molecule is CCOC1=Cc2ccc(O)cc2OC1c1ccccc1. The lowest BCUT2D eigenvalue weighted by Gasteiger charge is -2.27. The highest BCUT2D eigenvalue weighted by Gasteiger charge is 2.25. The summed E-state index contributed by atoms with van der Waals surface area (Å²) in [6.45, 7) is 2.54. The Bertz CT molecular complexity index is 632. The Morgan fingerprint density at radius 1 is 1.15 bits per heavy atom. The maximum Gasteiger partial charge on any atom is 0.180 e. The largest absolute Gasteiger partial charge is 0.508 e. The van der Waals surface area contributed by atoms with Gasteiger partial charge >= 0.3 is 0 Å². The molecule has 102 valence electrons. The van der Waals surface area contributed by atoms with Gasteiger partial charge in [0.15, 0.2) is 6.10 Å². The first-order valence-corrected chi connectivity index (χ1v) is 6.67. The number of benzene rings is 2. The zero-order valence-electron chi connectivity index (χ0n) is 11.2. The van der Waals surface area contributed by atoms with Crippen LogP contribution in [0.25, 0.3) is 6.08 Å². The summed E-state index contributed by atoms with van der Waals surface area (Å²) in [5, 5.41) is 9.58. The number of hydrogen-bond acceptors (Lipinski definition) is 3. The normalized spacial score (nSPS) is 16.9. The highest BCUT2D eigenvalue weighted by molar-refractivity contribution is 5.64. The molecule has 0 saturated heterocycles. The lowest BCUT2D eigenvalue weighted by atomic mass is 10.0. The predicted molar refractivity (Wildman–Crippen MR) is 77.5 cm³/mol. The molecule has 20 heavy (non-hydrogen) atoms. The molecule has 0 radical (unpaired) electrons. The van der Waals surface area contributed by atoms with Gasteiger partial charge in [0.05, 0.1) is 6.61 Å². The van der Waals surface area contributed by atoms with E-state index in [0.717, 1.165) is 16.9 Å². The topological polar surface area (TPSA) is 38.7 Å². The fourth-order valence-electron chi connectivity index (χ4n) is 2.30. The first-order chi connectivity index (χ1) is 9.78. The van der Waals surface area contributed by atoms with Crippen LogP contribution in [-0.4, -0.2) is 11.7 Å². The average molecular weight is 268 g/mol. The molecule has 0 bridgehead atoms. The Morgan fingerprint density at radius 3 is 2.70 bits per heavy atom. The Morgan fingerprint density at radius 2 is 1.95 bits per heavy atom. The third-order valence-corrected chi connectivity index (χ3v) is 3.21. The second-order valence-electron chi connectivity index (χ2n) is 4.61. The molecule has 0 spiro atoms. The molecule has 1 N–H and O–H groups in total. The summed E-state index contributed by atoms with van der Waals surface area (Å²) in [6, 6.07) is 15.0. The van der Waals surface area contributed by atoms with Crippen molar-refractivity contribution in [3.63, 3.8) is 0 Å². The fraction of sp³-hybridized carbons (Fsp3) is 0.176. The van der Waals surface area contributed by atoms with E-state index in [0.29, 0.717) is 12.4 Å². The average Bonchev–Trinajstić information content (AvgIpc) is 2.48. The second kappa shape index (κ2) is 5.29. The van der Waals surface area contributed by atoms with E-state index in [4.69, 9.17) is 9.47 Å². The van der Waals surface area contributed by atoms with E-state index in [1.54, 1.807) is 12.1 Å². The molecule has 1 heterocycles. The van der Waals surface area contributed by atoms with E-state index in [2.05, 4.69) is 0 Å². The number of hydrogen-bond donors (Lipinski definition) is 1. The van der Waals surface area contributed by atoms with Crippen LogP contribution in [0.5, 0.6) is 11.5 Å². The number of ether oxygens (including phenoxy) is 2. The van der Waals surface area contributed by atoms with Crippen LogP contribution in [0, 0.1) is 0 Å². The minimum atomic E-state index is -0.273. The molecule has 0 aliphatic carbocycles. The van der Waals surface area contributed by atoms with E-state index in [-0.39, 0.29) is 11.9 Å². The van der Waals surface area contributed by atoms with Crippen LogP contribution in [0.3, 0.4) is 0 Å². The Balaban J connectivity index is 2.03. The summed E-state index contributed by atoms with van der Waals surface area (Å²) in [6.07, 6.45) is 1.70. The van der Waals surface area contributed by atoms with Gasteiger partial charge in [-0.1, -0.05) is 30.3 Å². The van der Waals surface area contributed by atoms with Gasteiger partial charge in [-0.3, -0.25) is 0 Å². The van der Waals surface area contributed by atoms with Crippen LogP contribution in [0.1, 0.15) is 24.2 Å². The van der Waals surface area contributed by atoms with Crippen LogP contribution in [0.4, 0.5) is 0 Å². The highest BCUT2D eigenvalue weighted by atomic mass is 16.5. The van der Waals surface area contributed by atoms with Crippen molar-refractivity contribution >= 4 is 6.08 Å². The molecular weight excluding hydrogens is 252 g/mol. The quantitative estimate of drug-likeness (QED) is 0.917. The lowest BCUT2D eigenvalue weighted by molar-refractivity contribution is 0.122. The van der Waals surface area contributed by atoms with Crippen molar-refractivity contribution in [2.45, 2.75) is 13.0 Å². The number of rotatable bonds is 3.